The number of carboxylic acids is 1. The van der Waals surface area contributed by atoms with E-state index in [0.717, 1.165) is 51.6 Å². The molecule has 3 aromatic rings. The van der Waals surface area contributed by atoms with Crippen LogP contribution in [0.1, 0.15) is 46.1 Å². The van der Waals surface area contributed by atoms with E-state index >= 15 is 0 Å². The third-order valence-electron chi connectivity index (χ3n) is 5.56. The van der Waals surface area contributed by atoms with Crippen LogP contribution in [0.25, 0.3) is 0 Å². The number of halogens is 1. The van der Waals surface area contributed by atoms with Gasteiger partial charge in [-0.15, -0.1) is 11.3 Å². The summed E-state index contributed by atoms with van der Waals surface area (Å²) in [5, 5.41) is 10.7. The molecule has 11 heteroatoms. The molecule has 1 heterocycles. The second-order valence-corrected chi connectivity index (χ2v) is 11.2. The van der Waals surface area contributed by atoms with Gasteiger partial charge in [-0.05, 0) is 74.1 Å². The van der Waals surface area contributed by atoms with Gasteiger partial charge >= 0.3 is 35.5 Å². The Kier molecular flexibility index (Phi) is 8.98. The van der Waals surface area contributed by atoms with E-state index in [1.807, 2.05) is 6.07 Å². The Morgan fingerprint density at radius 3 is 2.46 bits per heavy atom. The number of aryl methyl sites for hydroxylation is 3. The van der Waals surface area contributed by atoms with Crippen molar-refractivity contribution >= 4 is 62.6 Å². The molecule has 0 saturated heterocycles. The van der Waals surface area contributed by atoms with Gasteiger partial charge < -0.3 is 9.84 Å². The fourth-order valence-electron chi connectivity index (χ4n) is 3.90. The number of carboxylic acid groups (broad SMARTS) is 1. The minimum absolute atomic E-state index is 0. The van der Waals surface area contributed by atoms with Crippen molar-refractivity contribution < 1.29 is 27.4 Å². The fourth-order valence-corrected chi connectivity index (χ4v) is 6.58. The van der Waals surface area contributed by atoms with Crippen molar-refractivity contribution in [3.8, 4) is 5.75 Å². The van der Waals surface area contributed by atoms with Gasteiger partial charge in [0, 0.05) is 11.1 Å². The SMILES string of the molecule is Cc1csc(S(=O)(=O)N(CC(C)F)c2cc3c(cc2OCc2ccc(C(=O)O)cc2)CCC3)n1.[NaH]. The molecule has 0 bridgehead atoms. The number of hydrogen-bond donors (Lipinski definition) is 1. The molecule has 0 spiro atoms. The summed E-state index contributed by atoms with van der Waals surface area (Å²) in [7, 11) is -4.11. The molecule has 7 nitrogen and oxygen atoms in total. The van der Waals surface area contributed by atoms with Crippen molar-refractivity contribution in [3.05, 3.63) is 69.7 Å². The number of carbonyl (C=O) groups is 1. The third-order valence-corrected chi connectivity index (χ3v) is 8.69. The standard InChI is InChI=1S/C24H25FN2O5S2.Na.H/c1-15(25)12-27(34(30,31)24-26-16(2)14-33-24)21-10-19-4-3-5-20(19)11-22(21)32-13-17-6-8-18(9-7-17)23(28)29;;/h6-11,14-15H,3-5,12-13H2,1-2H3,(H,28,29);;. The quantitative estimate of drug-likeness (QED) is 0.420. The summed E-state index contributed by atoms with van der Waals surface area (Å²) in [5.41, 5.74) is 3.84. The predicted octanol–water partition coefficient (Wildman–Crippen LogP) is 4.12. The first-order valence-corrected chi connectivity index (χ1v) is 13.2. The van der Waals surface area contributed by atoms with Crippen molar-refractivity contribution in [3.63, 3.8) is 0 Å². The molecular formula is C24H26FN2NaO5S2. The van der Waals surface area contributed by atoms with Crippen LogP contribution in [0.4, 0.5) is 10.1 Å². The molecule has 1 aliphatic carbocycles. The number of nitrogens with zero attached hydrogens (tertiary/aromatic N) is 2. The van der Waals surface area contributed by atoms with Crippen molar-refractivity contribution in [2.75, 3.05) is 10.8 Å². The van der Waals surface area contributed by atoms with Crippen molar-refractivity contribution in [2.24, 2.45) is 0 Å². The fraction of sp³-hybridized carbons (Fsp3) is 0.333. The Morgan fingerprint density at radius 2 is 1.89 bits per heavy atom. The van der Waals surface area contributed by atoms with Crippen LogP contribution in [0, 0.1) is 6.92 Å². The molecule has 1 aromatic heterocycles. The number of thiazole rings is 1. The molecule has 0 saturated carbocycles. The molecule has 1 aliphatic rings. The van der Waals surface area contributed by atoms with Gasteiger partial charge in [0.15, 0.2) is 0 Å². The molecule has 1 unspecified atom stereocenters. The first-order valence-electron chi connectivity index (χ1n) is 10.8. The van der Waals surface area contributed by atoms with Gasteiger partial charge in [0.1, 0.15) is 18.5 Å². The number of ether oxygens (including phenoxy) is 1. The Morgan fingerprint density at radius 1 is 1.23 bits per heavy atom. The Bertz CT molecular complexity index is 1310. The molecule has 0 amide bonds. The van der Waals surface area contributed by atoms with Crippen LogP contribution in [0.2, 0.25) is 0 Å². The van der Waals surface area contributed by atoms with E-state index in [0.29, 0.717) is 11.4 Å². The summed E-state index contributed by atoms with van der Waals surface area (Å²) in [6, 6.07) is 9.88. The average Bonchev–Trinajstić information content (AvgIpc) is 3.44. The Hall–Kier alpha value is -1.98. The van der Waals surface area contributed by atoms with Crippen molar-refractivity contribution in [2.45, 2.75) is 50.2 Å². The van der Waals surface area contributed by atoms with E-state index in [2.05, 4.69) is 4.98 Å². The number of hydrogen-bond acceptors (Lipinski definition) is 6. The topological polar surface area (TPSA) is 96.8 Å². The zero-order chi connectivity index (χ0) is 24.5. The van der Waals surface area contributed by atoms with Crippen molar-refractivity contribution in [1.29, 1.82) is 0 Å². The summed E-state index contributed by atoms with van der Waals surface area (Å²) in [6.45, 7) is 2.75. The summed E-state index contributed by atoms with van der Waals surface area (Å²) >= 11 is 1.000. The molecule has 0 fully saturated rings. The van der Waals surface area contributed by atoms with Gasteiger partial charge in [0.05, 0.1) is 17.8 Å². The van der Waals surface area contributed by atoms with Gasteiger partial charge in [-0.1, -0.05) is 12.1 Å². The molecule has 182 valence electrons. The number of anilines is 1. The maximum absolute atomic E-state index is 14.2. The minimum atomic E-state index is -4.11. The molecule has 1 atom stereocenters. The molecule has 35 heavy (non-hydrogen) atoms. The van der Waals surface area contributed by atoms with E-state index < -0.39 is 22.2 Å². The number of benzene rings is 2. The van der Waals surface area contributed by atoms with E-state index in [1.54, 1.807) is 30.5 Å². The zero-order valence-corrected chi connectivity index (χ0v) is 20.5. The van der Waals surface area contributed by atoms with Gasteiger partial charge in [-0.25, -0.2) is 14.2 Å². The maximum atomic E-state index is 14.2. The van der Waals surface area contributed by atoms with Crippen LogP contribution in [0.15, 0.2) is 46.1 Å². The second kappa shape index (κ2) is 11.4. The molecule has 0 aliphatic heterocycles. The van der Waals surface area contributed by atoms with E-state index in [9.17, 15) is 17.6 Å². The number of sulfonamides is 1. The number of alkyl halides is 1. The van der Waals surface area contributed by atoms with Gasteiger partial charge in [0.2, 0.25) is 4.34 Å². The van der Waals surface area contributed by atoms with E-state index in [1.165, 1.54) is 19.1 Å². The first kappa shape index (κ1) is 27.6. The van der Waals surface area contributed by atoms with E-state index in [-0.39, 0.29) is 58.3 Å². The number of aromatic carboxylic acids is 1. The van der Waals surface area contributed by atoms with Gasteiger partial charge in [-0.3, -0.25) is 4.31 Å². The monoisotopic (exact) mass is 528 g/mol. The summed E-state index contributed by atoms with van der Waals surface area (Å²) in [4.78, 5) is 15.2. The predicted molar refractivity (Wildman–Crippen MR) is 135 cm³/mol. The molecular weight excluding hydrogens is 502 g/mol. The van der Waals surface area contributed by atoms with Crippen LogP contribution in [-0.2, 0) is 29.5 Å². The van der Waals surface area contributed by atoms with Gasteiger partial charge in [0.25, 0.3) is 10.0 Å². The molecule has 2 aromatic carbocycles. The third kappa shape index (κ3) is 6.24. The Labute approximate surface area is 230 Å². The van der Waals surface area contributed by atoms with Crippen LogP contribution >= 0.6 is 11.3 Å². The molecule has 1 N–H and O–H groups in total. The average molecular weight is 529 g/mol. The summed E-state index contributed by atoms with van der Waals surface area (Å²) in [6.07, 6.45) is 1.21. The first-order chi connectivity index (χ1) is 16.1. The van der Waals surface area contributed by atoms with Crippen LogP contribution < -0.4 is 9.04 Å². The van der Waals surface area contributed by atoms with Gasteiger partial charge in [-0.2, -0.15) is 8.42 Å². The number of rotatable bonds is 9. The normalized spacial score (nSPS) is 13.6. The number of aromatic nitrogens is 1. The summed E-state index contributed by atoms with van der Waals surface area (Å²) in [5.74, 6) is -0.688. The second-order valence-electron chi connectivity index (χ2n) is 8.30. The van der Waals surface area contributed by atoms with Crippen LogP contribution in [-0.4, -0.2) is 66.8 Å². The van der Waals surface area contributed by atoms with Crippen LogP contribution in [0.3, 0.4) is 0 Å². The van der Waals surface area contributed by atoms with Crippen LogP contribution in [0.5, 0.6) is 5.75 Å². The summed E-state index contributed by atoms with van der Waals surface area (Å²) < 4.78 is 48.3. The Balaban J connectivity index is 0.00000342. The zero-order valence-electron chi connectivity index (χ0n) is 18.8. The van der Waals surface area contributed by atoms with Crippen molar-refractivity contribution in [1.82, 2.24) is 4.98 Å². The van der Waals surface area contributed by atoms with E-state index in [4.69, 9.17) is 9.84 Å². The molecule has 0 radical (unpaired) electrons. The number of fused-ring (bicyclic) bond motifs is 1. The molecule has 4 rings (SSSR count).